The Morgan fingerprint density at radius 1 is 1.07 bits per heavy atom. The maximum absolute atomic E-state index is 11.9. The molecule has 142 valence electrons. The predicted octanol–water partition coefficient (Wildman–Crippen LogP) is 1.89. The van der Waals surface area contributed by atoms with Crippen molar-refractivity contribution in [3.8, 4) is 5.75 Å². The minimum atomic E-state index is -0.198. The van der Waals surface area contributed by atoms with Gasteiger partial charge in [0.1, 0.15) is 5.75 Å². The van der Waals surface area contributed by atoms with Crippen LogP contribution in [0, 0.1) is 12.8 Å². The zero-order valence-corrected chi connectivity index (χ0v) is 15.5. The van der Waals surface area contributed by atoms with E-state index in [2.05, 4.69) is 16.0 Å². The molecule has 0 unspecified atom stereocenters. The summed E-state index contributed by atoms with van der Waals surface area (Å²) in [5.41, 5.74) is 3.01. The Labute approximate surface area is 159 Å². The van der Waals surface area contributed by atoms with E-state index in [4.69, 9.17) is 4.74 Å². The lowest BCUT2D eigenvalue weighted by Crippen LogP contribution is -2.51. The molecule has 1 saturated heterocycles. The Kier molecular flexibility index (Phi) is 6.44. The number of benzene rings is 2. The highest BCUT2D eigenvalue weighted by Gasteiger charge is 2.24. The van der Waals surface area contributed by atoms with Crippen molar-refractivity contribution in [2.45, 2.75) is 13.3 Å². The van der Waals surface area contributed by atoms with Crippen molar-refractivity contribution in [1.82, 2.24) is 10.6 Å². The molecule has 6 heteroatoms. The number of carbonyl (C=O) groups is 2. The topological polar surface area (TPSA) is 79.5 Å². The van der Waals surface area contributed by atoms with Crippen molar-refractivity contribution >= 4 is 17.5 Å². The van der Waals surface area contributed by atoms with Crippen LogP contribution in [0.25, 0.3) is 0 Å². The minimum absolute atomic E-state index is 0.0430. The van der Waals surface area contributed by atoms with E-state index in [-0.39, 0.29) is 24.3 Å². The highest BCUT2D eigenvalue weighted by molar-refractivity contribution is 5.91. The van der Waals surface area contributed by atoms with Gasteiger partial charge in [-0.05, 0) is 43.2 Å². The summed E-state index contributed by atoms with van der Waals surface area (Å²) in [6, 6.07) is 15.2. The Morgan fingerprint density at radius 2 is 1.78 bits per heavy atom. The fourth-order valence-corrected chi connectivity index (χ4v) is 2.68. The van der Waals surface area contributed by atoms with Crippen molar-refractivity contribution in [2.24, 2.45) is 5.92 Å². The standard InChI is InChI=1S/C21H25N3O3/c1-15-2-6-18(7-3-15)24-20(25)14-27-19-8-4-16(5-9-19)10-11-23-21(26)17-12-22-13-17/h2-9,17,22H,10-14H2,1H3,(H,23,26)(H,24,25). The summed E-state index contributed by atoms with van der Waals surface area (Å²) in [7, 11) is 0. The Morgan fingerprint density at radius 3 is 2.41 bits per heavy atom. The summed E-state index contributed by atoms with van der Waals surface area (Å²) >= 11 is 0. The van der Waals surface area contributed by atoms with E-state index in [0.29, 0.717) is 12.3 Å². The Balaban J connectivity index is 1.37. The summed E-state index contributed by atoms with van der Waals surface area (Å²) in [6.07, 6.45) is 0.764. The van der Waals surface area contributed by atoms with Gasteiger partial charge in [-0.2, -0.15) is 0 Å². The van der Waals surface area contributed by atoms with Gasteiger partial charge in [-0.1, -0.05) is 29.8 Å². The molecule has 6 nitrogen and oxygen atoms in total. The summed E-state index contributed by atoms with van der Waals surface area (Å²) < 4.78 is 5.53. The lowest BCUT2D eigenvalue weighted by Gasteiger charge is -2.25. The van der Waals surface area contributed by atoms with E-state index in [1.165, 1.54) is 0 Å². The average molecular weight is 367 g/mol. The lowest BCUT2D eigenvalue weighted by atomic mass is 10.0. The molecule has 1 heterocycles. The van der Waals surface area contributed by atoms with E-state index >= 15 is 0 Å². The van der Waals surface area contributed by atoms with Crippen LogP contribution in [-0.4, -0.2) is 38.1 Å². The molecule has 1 aliphatic rings. The van der Waals surface area contributed by atoms with Gasteiger partial charge in [-0.15, -0.1) is 0 Å². The van der Waals surface area contributed by atoms with Crippen LogP contribution in [0.5, 0.6) is 5.75 Å². The van der Waals surface area contributed by atoms with Crippen molar-refractivity contribution in [1.29, 1.82) is 0 Å². The Bertz CT molecular complexity index is 768. The molecule has 3 N–H and O–H groups in total. The molecule has 0 spiro atoms. The largest absolute Gasteiger partial charge is 0.484 e. The zero-order chi connectivity index (χ0) is 19.1. The second kappa shape index (κ2) is 9.19. The van der Waals surface area contributed by atoms with Gasteiger partial charge in [0.2, 0.25) is 5.91 Å². The number of aryl methyl sites for hydroxylation is 1. The second-order valence-electron chi connectivity index (χ2n) is 6.74. The second-order valence-corrected chi connectivity index (χ2v) is 6.74. The van der Waals surface area contributed by atoms with Gasteiger partial charge in [-0.3, -0.25) is 9.59 Å². The first-order valence-electron chi connectivity index (χ1n) is 9.17. The first kappa shape index (κ1) is 18.9. The summed E-state index contributed by atoms with van der Waals surface area (Å²) in [5.74, 6) is 0.679. The smallest absolute Gasteiger partial charge is 0.262 e. The molecule has 27 heavy (non-hydrogen) atoms. The third-order valence-electron chi connectivity index (χ3n) is 4.49. The monoisotopic (exact) mass is 367 g/mol. The van der Waals surface area contributed by atoms with Crippen molar-refractivity contribution in [3.05, 3.63) is 59.7 Å². The fraction of sp³-hybridized carbons (Fsp3) is 0.333. The molecule has 0 bridgehead atoms. The highest BCUT2D eigenvalue weighted by atomic mass is 16.5. The third-order valence-corrected chi connectivity index (χ3v) is 4.49. The average Bonchev–Trinajstić information content (AvgIpc) is 2.61. The maximum Gasteiger partial charge on any atom is 0.262 e. The number of nitrogens with one attached hydrogen (secondary N) is 3. The summed E-state index contributed by atoms with van der Waals surface area (Å²) in [4.78, 5) is 23.7. The van der Waals surface area contributed by atoms with Crippen molar-refractivity contribution in [2.75, 3.05) is 31.6 Å². The van der Waals surface area contributed by atoms with Crippen molar-refractivity contribution < 1.29 is 14.3 Å². The third kappa shape index (κ3) is 5.82. The predicted molar refractivity (Wildman–Crippen MR) is 105 cm³/mol. The van der Waals surface area contributed by atoms with Crippen LogP contribution in [0.15, 0.2) is 48.5 Å². The van der Waals surface area contributed by atoms with E-state index in [1.807, 2.05) is 55.5 Å². The van der Waals surface area contributed by atoms with Gasteiger partial charge in [-0.25, -0.2) is 0 Å². The number of ether oxygens (including phenoxy) is 1. The molecule has 0 radical (unpaired) electrons. The van der Waals surface area contributed by atoms with Gasteiger partial charge in [0, 0.05) is 25.3 Å². The molecule has 0 aliphatic carbocycles. The normalized spacial score (nSPS) is 13.5. The SMILES string of the molecule is Cc1ccc(NC(=O)COc2ccc(CCNC(=O)C3CNC3)cc2)cc1. The molecule has 2 aromatic rings. The number of anilines is 1. The van der Waals surface area contributed by atoms with E-state index in [9.17, 15) is 9.59 Å². The molecular weight excluding hydrogens is 342 g/mol. The van der Waals surface area contributed by atoms with E-state index in [0.717, 1.165) is 36.3 Å². The molecule has 0 atom stereocenters. The molecule has 2 aromatic carbocycles. The minimum Gasteiger partial charge on any atom is -0.484 e. The van der Waals surface area contributed by atoms with E-state index in [1.54, 1.807) is 0 Å². The fourth-order valence-electron chi connectivity index (χ4n) is 2.68. The van der Waals surface area contributed by atoms with Crippen LogP contribution in [0.4, 0.5) is 5.69 Å². The van der Waals surface area contributed by atoms with Gasteiger partial charge >= 0.3 is 0 Å². The first-order valence-corrected chi connectivity index (χ1v) is 9.17. The molecule has 1 fully saturated rings. The zero-order valence-electron chi connectivity index (χ0n) is 15.5. The highest BCUT2D eigenvalue weighted by Crippen LogP contribution is 2.13. The Hall–Kier alpha value is -2.86. The number of hydrogen-bond donors (Lipinski definition) is 3. The van der Waals surface area contributed by atoms with Crippen LogP contribution >= 0.6 is 0 Å². The molecule has 3 rings (SSSR count). The van der Waals surface area contributed by atoms with Crippen LogP contribution in [-0.2, 0) is 16.0 Å². The number of amides is 2. The molecule has 0 saturated carbocycles. The summed E-state index contributed by atoms with van der Waals surface area (Å²) in [6.45, 7) is 4.12. The van der Waals surface area contributed by atoms with E-state index < -0.39 is 0 Å². The summed E-state index contributed by atoms with van der Waals surface area (Å²) in [5, 5.41) is 8.84. The molecule has 0 aromatic heterocycles. The molecular formula is C21H25N3O3. The van der Waals surface area contributed by atoms with Crippen LogP contribution in [0.1, 0.15) is 11.1 Å². The maximum atomic E-state index is 11.9. The van der Waals surface area contributed by atoms with Gasteiger partial charge in [0.25, 0.3) is 5.91 Å². The lowest BCUT2D eigenvalue weighted by molar-refractivity contribution is -0.126. The van der Waals surface area contributed by atoms with Crippen molar-refractivity contribution in [3.63, 3.8) is 0 Å². The van der Waals surface area contributed by atoms with Gasteiger partial charge < -0.3 is 20.7 Å². The quantitative estimate of drug-likeness (QED) is 0.666. The number of rotatable bonds is 8. The van der Waals surface area contributed by atoms with Gasteiger partial charge in [0.15, 0.2) is 6.61 Å². The van der Waals surface area contributed by atoms with Gasteiger partial charge in [0.05, 0.1) is 5.92 Å². The molecule has 2 amide bonds. The number of hydrogen-bond acceptors (Lipinski definition) is 4. The van der Waals surface area contributed by atoms with Crippen LogP contribution in [0.3, 0.4) is 0 Å². The van der Waals surface area contributed by atoms with Crippen LogP contribution in [0.2, 0.25) is 0 Å². The molecule has 1 aliphatic heterocycles. The first-order chi connectivity index (χ1) is 13.1. The van der Waals surface area contributed by atoms with Crippen LogP contribution < -0.4 is 20.7 Å². The number of carbonyl (C=O) groups excluding carboxylic acids is 2.